The van der Waals surface area contributed by atoms with Gasteiger partial charge in [0, 0.05) is 52.4 Å². The monoisotopic (exact) mass is 526 g/mol. The van der Waals surface area contributed by atoms with Gasteiger partial charge in [-0.25, -0.2) is 0 Å². The lowest BCUT2D eigenvalue weighted by Gasteiger charge is -2.20. The van der Waals surface area contributed by atoms with Gasteiger partial charge in [-0.1, -0.05) is 30.3 Å². The van der Waals surface area contributed by atoms with E-state index in [-0.39, 0.29) is 35.9 Å². The Balaban J connectivity index is 0.00000450. The first-order chi connectivity index (χ1) is 13.8. The maximum Gasteiger partial charge on any atom is 0.224 e. The summed E-state index contributed by atoms with van der Waals surface area (Å²) in [7, 11) is 5.55. The van der Waals surface area contributed by atoms with E-state index >= 15 is 0 Å². The highest BCUT2D eigenvalue weighted by molar-refractivity contribution is 14.0. The molecule has 0 spiro atoms. The summed E-state index contributed by atoms with van der Waals surface area (Å²) < 4.78 is 1.92. The highest BCUT2D eigenvalue weighted by Gasteiger charge is 2.14. The van der Waals surface area contributed by atoms with Crippen LogP contribution >= 0.6 is 24.0 Å². The summed E-state index contributed by atoms with van der Waals surface area (Å²) in [6.07, 6.45) is 1.28. The van der Waals surface area contributed by atoms with Gasteiger partial charge in [0.25, 0.3) is 0 Å². The van der Waals surface area contributed by atoms with Crippen LogP contribution in [0.15, 0.2) is 35.3 Å². The molecule has 2 rings (SSSR count). The maximum absolute atomic E-state index is 12.4. The van der Waals surface area contributed by atoms with Crippen LogP contribution in [-0.2, 0) is 24.8 Å². The first-order valence-corrected chi connectivity index (χ1v) is 10.1. The summed E-state index contributed by atoms with van der Waals surface area (Å²) in [5.41, 5.74) is 4.64. The third kappa shape index (κ3) is 7.62. The zero-order valence-corrected chi connectivity index (χ0v) is 21.2. The van der Waals surface area contributed by atoms with Gasteiger partial charge in [0.15, 0.2) is 5.96 Å². The van der Waals surface area contributed by atoms with E-state index < -0.39 is 0 Å². The minimum absolute atomic E-state index is 0. The molecule has 0 saturated carbocycles. The first kappa shape index (κ1) is 25.9. The quantitative estimate of drug-likeness (QED) is 0.315. The van der Waals surface area contributed by atoms with E-state index in [2.05, 4.69) is 34.6 Å². The number of halogens is 1. The van der Waals surface area contributed by atoms with Gasteiger partial charge in [-0.15, -0.1) is 24.0 Å². The zero-order chi connectivity index (χ0) is 21.4. The van der Waals surface area contributed by atoms with Gasteiger partial charge in [0.1, 0.15) is 0 Å². The molecule has 0 aliphatic rings. The van der Waals surface area contributed by atoms with Crippen LogP contribution in [0.2, 0.25) is 0 Å². The molecule has 0 aliphatic carbocycles. The number of carbonyl (C=O) groups is 1. The minimum atomic E-state index is 0. The van der Waals surface area contributed by atoms with Crippen LogP contribution < -0.4 is 10.6 Å². The molecular formula is C22H35IN6O. The van der Waals surface area contributed by atoms with E-state index in [1.165, 1.54) is 11.3 Å². The maximum atomic E-state index is 12.4. The van der Waals surface area contributed by atoms with Crippen LogP contribution in [-0.4, -0.2) is 53.2 Å². The number of aryl methyl sites for hydroxylation is 2. The van der Waals surface area contributed by atoms with E-state index in [4.69, 9.17) is 0 Å². The second kappa shape index (κ2) is 12.6. The number of hydrogen-bond acceptors (Lipinski definition) is 3. The molecule has 7 nitrogen and oxygen atoms in total. The fourth-order valence-electron chi connectivity index (χ4n) is 3.32. The standard InChI is InChI=1S/C22H34N6O.HI/c1-16(14-20-17(2)26-28(6)18(20)3)25-22(23-4)24-13-12-21(29)27(5)15-19-10-8-7-9-11-19;/h7-11,16H,12-15H2,1-6H3,(H2,23,24,25);1H. The summed E-state index contributed by atoms with van der Waals surface area (Å²) in [5.74, 6) is 0.807. The third-order valence-corrected chi connectivity index (χ3v) is 5.10. The molecule has 1 atom stereocenters. The van der Waals surface area contributed by atoms with E-state index in [9.17, 15) is 4.79 Å². The molecule has 30 heavy (non-hydrogen) atoms. The van der Waals surface area contributed by atoms with E-state index in [0.717, 1.165) is 17.7 Å². The average Bonchev–Trinajstić information content (AvgIpc) is 2.93. The third-order valence-electron chi connectivity index (χ3n) is 5.10. The lowest BCUT2D eigenvalue weighted by Crippen LogP contribution is -2.44. The van der Waals surface area contributed by atoms with Crippen LogP contribution in [0.4, 0.5) is 0 Å². The predicted molar refractivity (Wildman–Crippen MR) is 133 cm³/mol. The molecule has 2 aromatic rings. The number of carbonyl (C=O) groups excluding carboxylic acids is 1. The molecule has 1 heterocycles. The van der Waals surface area contributed by atoms with Crippen molar-refractivity contribution in [2.45, 2.75) is 46.2 Å². The number of nitrogens with zero attached hydrogens (tertiary/aromatic N) is 4. The molecule has 0 radical (unpaired) electrons. The van der Waals surface area contributed by atoms with Gasteiger partial charge in [-0.3, -0.25) is 14.5 Å². The molecule has 8 heteroatoms. The highest BCUT2D eigenvalue weighted by Crippen LogP contribution is 2.14. The number of nitrogens with one attached hydrogen (secondary N) is 2. The smallest absolute Gasteiger partial charge is 0.224 e. The normalized spacial score (nSPS) is 12.1. The highest BCUT2D eigenvalue weighted by atomic mass is 127. The number of benzene rings is 1. The second-order valence-corrected chi connectivity index (χ2v) is 7.51. The number of hydrogen-bond donors (Lipinski definition) is 2. The van der Waals surface area contributed by atoms with Gasteiger partial charge in [-0.2, -0.15) is 5.10 Å². The molecule has 1 aromatic carbocycles. The lowest BCUT2D eigenvalue weighted by molar-refractivity contribution is -0.130. The number of amides is 1. The van der Waals surface area contributed by atoms with Crippen molar-refractivity contribution >= 4 is 35.8 Å². The molecular weight excluding hydrogens is 491 g/mol. The molecule has 2 N–H and O–H groups in total. The van der Waals surface area contributed by atoms with Crippen molar-refractivity contribution in [2.24, 2.45) is 12.0 Å². The molecule has 1 aromatic heterocycles. The largest absolute Gasteiger partial charge is 0.356 e. The molecule has 0 fully saturated rings. The summed E-state index contributed by atoms with van der Waals surface area (Å²) in [6.45, 7) is 7.41. The van der Waals surface area contributed by atoms with E-state index in [0.29, 0.717) is 25.5 Å². The fraction of sp³-hybridized carbons (Fsp3) is 0.500. The Hall–Kier alpha value is -2.10. The topological polar surface area (TPSA) is 74.6 Å². The van der Waals surface area contributed by atoms with Crippen LogP contribution in [0, 0.1) is 13.8 Å². The average molecular weight is 526 g/mol. The molecule has 0 aliphatic heterocycles. The molecule has 166 valence electrons. The van der Waals surface area contributed by atoms with Crippen molar-refractivity contribution in [3.63, 3.8) is 0 Å². The number of aromatic nitrogens is 2. The first-order valence-electron chi connectivity index (χ1n) is 10.1. The molecule has 1 unspecified atom stereocenters. The van der Waals surface area contributed by atoms with E-state index in [1.807, 2.05) is 56.0 Å². The molecule has 0 saturated heterocycles. The Bertz CT molecular complexity index is 834. The van der Waals surface area contributed by atoms with Gasteiger partial charge >= 0.3 is 0 Å². The van der Waals surface area contributed by atoms with Crippen molar-refractivity contribution in [1.82, 2.24) is 25.3 Å². The van der Waals surface area contributed by atoms with Gasteiger partial charge in [-0.05, 0) is 38.3 Å². The lowest BCUT2D eigenvalue weighted by atomic mass is 10.1. The van der Waals surface area contributed by atoms with E-state index in [1.54, 1.807) is 11.9 Å². The summed E-state index contributed by atoms with van der Waals surface area (Å²) >= 11 is 0. The van der Waals surface area contributed by atoms with Crippen LogP contribution in [0.25, 0.3) is 0 Å². The van der Waals surface area contributed by atoms with Crippen LogP contribution in [0.3, 0.4) is 0 Å². The Morgan fingerprint density at radius 2 is 1.93 bits per heavy atom. The van der Waals surface area contributed by atoms with Gasteiger partial charge in [0.2, 0.25) is 5.91 Å². The van der Waals surface area contributed by atoms with Crippen molar-refractivity contribution in [1.29, 1.82) is 0 Å². The Kier molecular flexibility index (Phi) is 10.9. The number of rotatable bonds is 8. The van der Waals surface area contributed by atoms with Crippen LogP contribution in [0.1, 0.15) is 35.9 Å². The predicted octanol–water partition coefficient (Wildman–Crippen LogP) is 2.80. The van der Waals surface area contributed by atoms with Crippen molar-refractivity contribution in [2.75, 3.05) is 20.6 Å². The number of guanidine groups is 1. The number of aliphatic imine (C=N–C) groups is 1. The minimum Gasteiger partial charge on any atom is -0.356 e. The Morgan fingerprint density at radius 1 is 1.27 bits per heavy atom. The van der Waals surface area contributed by atoms with Crippen molar-refractivity contribution in [3.8, 4) is 0 Å². The SMILES string of the molecule is CN=C(NCCC(=O)N(C)Cc1ccccc1)NC(C)Cc1c(C)nn(C)c1C.I. The summed E-state index contributed by atoms with van der Waals surface area (Å²) in [6, 6.07) is 10.2. The van der Waals surface area contributed by atoms with Gasteiger partial charge < -0.3 is 15.5 Å². The summed E-state index contributed by atoms with van der Waals surface area (Å²) in [5, 5.41) is 11.1. The van der Waals surface area contributed by atoms with Gasteiger partial charge in [0.05, 0.1) is 5.69 Å². The zero-order valence-electron chi connectivity index (χ0n) is 18.9. The Morgan fingerprint density at radius 3 is 2.50 bits per heavy atom. The fourth-order valence-corrected chi connectivity index (χ4v) is 3.32. The molecule has 0 bridgehead atoms. The van der Waals surface area contributed by atoms with Crippen molar-refractivity contribution < 1.29 is 4.79 Å². The van der Waals surface area contributed by atoms with Crippen molar-refractivity contribution in [3.05, 3.63) is 52.8 Å². The molecule has 1 amide bonds. The van der Waals surface area contributed by atoms with Crippen LogP contribution in [0.5, 0.6) is 0 Å². The Labute approximate surface area is 197 Å². The second-order valence-electron chi connectivity index (χ2n) is 7.51. The summed E-state index contributed by atoms with van der Waals surface area (Å²) in [4.78, 5) is 18.4.